The van der Waals surface area contributed by atoms with Gasteiger partial charge in [0, 0.05) is 24.3 Å². The van der Waals surface area contributed by atoms with E-state index in [2.05, 4.69) is 6.07 Å². The quantitative estimate of drug-likeness (QED) is 0.870. The Kier molecular flexibility index (Phi) is 3.94. The van der Waals surface area contributed by atoms with E-state index in [-0.39, 0.29) is 0 Å². The van der Waals surface area contributed by atoms with E-state index in [1.807, 2.05) is 36.2 Å². The average Bonchev–Trinajstić information content (AvgIpc) is 2.41. The number of hydrogen-bond donors (Lipinski definition) is 1. The van der Waals surface area contributed by atoms with Crippen molar-refractivity contribution >= 4 is 23.0 Å². The van der Waals surface area contributed by atoms with E-state index in [1.165, 1.54) is 0 Å². The molecule has 2 N–H and O–H groups in total. The van der Waals surface area contributed by atoms with Gasteiger partial charge in [-0.3, -0.25) is 0 Å². The highest BCUT2D eigenvalue weighted by atomic mass is 35.5. The van der Waals surface area contributed by atoms with E-state index in [1.54, 1.807) is 18.2 Å². The van der Waals surface area contributed by atoms with Crippen LogP contribution in [0.3, 0.4) is 0 Å². The molecular formula is C15H14ClN3. The number of nitriles is 1. The molecule has 0 amide bonds. The highest BCUT2D eigenvalue weighted by molar-refractivity contribution is 6.30. The fourth-order valence-electron chi connectivity index (χ4n) is 1.93. The zero-order chi connectivity index (χ0) is 13.8. The first-order chi connectivity index (χ1) is 9.11. The Labute approximate surface area is 117 Å². The Balaban J connectivity index is 2.30. The minimum atomic E-state index is 0.599. The van der Waals surface area contributed by atoms with Gasteiger partial charge in [-0.25, -0.2) is 0 Å². The number of nitrogens with two attached hydrogens (primary N) is 1. The second-order valence-corrected chi connectivity index (χ2v) is 4.76. The van der Waals surface area contributed by atoms with Gasteiger partial charge >= 0.3 is 0 Å². The summed E-state index contributed by atoms with van der Waals surface area (Å²) in [6.07, 6.45) is 0. The Morgan fingerprint density at radius 3 is 2.68 bits per heavy atom. The predicted molar refractivity (Wildman–Crippen MR) is 79.1 cm³/mol. The minimum absolute atomic E-state index is 0.599. The summed E-state index contributed by atoms with van der Waals surface area (Å²) in [7, 11) is 1.92. The zero-order valence-electron chi connectivity index (χ0n) is 10.6. The molecule has 0 aromatic heterocycles. The van der Waals surface area contributed by atoms with Crippen molar-refractivity contribution in [2.75, 3.05) is 17.7 Å². The minimum Gasteiger partial charge on any atom is -0.398 e. The molecule has 4 heteroatoms. The third kappa shape index (κ3) is 2.98. The van der Waals surface area contributed by atoms with Gasteiger partial charge in [0.25, 0.3) is 0 Å². The number of rotatable bonds is 3. The Hall–Kier alpha value is -2.18. The Morgan fingerprint density at radius 2 is 2.00 bits per heavy atom. The lowest BCUT2D eigenvalue weighted by Gasteiger charge is -2.21. The molecule has 2 aromatic carbocycles. The highest BCUT2D eigenvalue weighted by Gasteiger charge is 2.09. The van der Waals surface area contributed by atoms with E-state index >= 15 is 0 Å². The second-order valence-electron chi connectivity index (χ2n) is 4.33. The van der Waals surface area contributed by atoms with Gasteiger partial charge in [-0.1, -0.05) is 29.8 Å². The van der Waals surface area contributed by atoms with Crippen molar-refractivity contribution in [3.8, 4) is 6.07 Å². The van der Waals surface area contributed by atoms with Gasteiger partial charge < -0.3 is 10.6 Å². The van der Waals surface area contributed by atoms with Gasteiger partial charge in [-0.05, 0) is 29.8 Å². The summed E-state index contributed by atoms with van der Waals surface area (Å²) in [6.45, 7) is 0.627. The molecule has 0 aliphatic rings. The maximum atomic E-state index is 9.13. The van der Waals surface area contributed by atoms with Crippen molar-refractivity contribution in [1.82, 2.24) is 0 Å². The first-order valence-corrected chi connectivity index (χ1v) is 6.24. The van der Waals surface area contributed by atoms with Crippen molar-refractivity contribution in [2.24, 2.45) is 0 Å². The fourth-order valence-corrected chi connectivity index (χ4v) is 2.10. The van der Waals surface area contributed by atoms with Crippen LogP contribution in [0.1, 0.15) is 11.1 Å². The molecule has 0 saturated heterocycles. The lowest BCUT2D eigenvalue weighted by Crippen LogP contribution is -2.18. The van der Waals surface area contributed by atoms with Crippen molar-refractivity contribution < 1.29 is 0 Å². The van der Waals surface area contributed by atoms with Crippen molar-refractivity contribution in [1.29, 1.82) is 5.26 Å². The number of nitrogen functional groups attached to an aromatic ring is 1. The van der Waals surface area contributed by atoms with Crippen molar-refractivity contribution in [3.63, 3.8) is 0 Å². The van der Waals surface area contributed by atoms with E-state index in [4.69, 9.17) is 22.6 Å². The molecule has 19 heavy (non-hydrogen) atoms. The summed E-state index contributed by atoms with van der Waals surface area (Å²) in [5.41, 5.74) is 9.10. The molecule has 0 unspecified atom stereocenters. The Morgan fingerprint density at radius 1 is 1.26 bits per heavy atom. The largest absolute Gasteiger partial charge is 0.398 e. The molecule has 0 atom stereocenters. The van der Waals surface area contributed by atoms with Gasteiger partial charge in [0.15, 0.2) is 0 Å². The number of hydrogen-bond acceptors (Lipinski definition) is 3. The van der Waals surface area contributed by atoms with Crippen LogP contribution in [0.4, 0.5) is 11.4 Å². The molecule has 0 heterocycles. The standard InChI is InChI=1S/C15H14ClN3/c1-19(10-12-4-2-3-5-14(12)18)15-8-13(16)7-6-11(15)9-17/h2-8H,10,18H2,1H3. The van der Waals surface area contributed by atoms with Crippen LogP contribution in [0.5, 0.6) is 0 Å². The normalized spacial score (nSPS) is 9.95. The molecule has 0 bridgehead atoms. The topological polar surface area (TPSA) is 53.0 Å². The summed E-state index contributed by atoms with van der Waals surface area (Å²) in [5, 5.41) is 9.75. The maximum Gasteiger partial charge on any atom is 0.101 e. The van der Waals surface area contributed by atoms with Crippen molar-refractivity contribution in [2.45, 2.75) is 6.54 Å². The third-order valence-corrected chi connectivity index (χ3v) is 3.19. The number of halogens is 1. The predicted octanol–water partition coefficient (Wildman–Crippen LogP) is 3.43. The third-order valence-electron chi connectivity index (χ3n) is 2.95. The lowest BCUT2D eigenvalue weighted by atomic mass is 10.1. The monoisotopic (exact) mass is 271 g/mol. The van der Waals surface area contributed by atoms with Gasteiger partial charge in [0.2, 0.25) is 0 Å². The first-order valence-electron chi connectivity index (χ1n) is 5.86. The summed E-state index contributed by atoms with van der Waals surface area (Å²) in [4.78, 5) is 1.97. The van der Waals surface area contributed by atoms with E-state index in [9.17, 15) is 0 Å². The fraction of sp³-hybridized carbons (Fsp3) is 0.133. The Bertz CT molecular complexity index is 632. The molecule has 0 spiro atoms. The van der Waals surface area contributed by atoms with Gasteiger partial charge in [0.1, 0.15) is 6.07 Å². The smallest absolute Gasteiger partial charge is 0.101 e. The molecule has 0 saturated carbocycles. The SMILES string of the molecule is CN(Cc1ccccc1N)c1cc(Cl)ccc1C#N. The van der Waals surface area contributed by atoms with Crippen LogP contribution in [0.2, 0.25) is 5.02 Å². The van der Waals surface area contributed by atoms with Crippen LogP contribution in [-0.2, 0) is 6.54 Å². The van der Waals surface area contributed by atoms with E-state index < -0.39 is 0 Å². The van der Waals surface area contributed by atoms with Crippen LogP contribution in [0.25, 0.3) is 0 Å². The highest BCUT2D eigenvalue weighted by Crippen LogP contribution is 2.25. The molecular weight excluding hydrogens is 258 g/mol. The second kappa shape index (κ2) is 5.64. The zero-order valence-corrected chi connectivity index (χ0v) is 11.4. The van der Waals surface area contributed by atoms with E-state index in [0.29, 0.717) is 17.1 Å². The molecule has 0 radical (unpaired) electrons. The summed E-state index contributed by atoms with van der Waals surface area (Å²) in [6, 6.07) is 15.1. The molecule has 0 aliphatic carbocycles. The lowest BCUT2D eigenvalue weighted by molar-refractivity contribution is 0.923. The molecule has 2 aromatic rings. The molecule has 3 nitrogen and oxygen atoms in total. The van der Waals surface area contributed by atoms with Gasteiger partial charge in [0.05, 0.1) is 11.3 Å². The van der Waals surface area contributed by atoms with Gasteiger partial charge in [-0.2, -0.15) is 5.26 Å². The molecule has 2 rings (SSSR count). The van der Waals surface area contributed by atoms with Gasteiger partial charge in [-0.15, -0.1) is 0 Å². The van der Waals surface area contributed by atoms with Crippen molar-refractivity contribution in [3.05, 3.63) is 58.6 Å². The number of benzene rings is 2. The summed E-state index contributed by atoms with van der Waals surface area (Å²) < 4.78 is 0. The average molecular weight is 272 g/mol. The van der Waals surface area contributed by atoms with E-state index in [0.717, 1.165) is 16.9 Å². The van der Waals surface area contributed by atoms with Crippen LogP contribution < -0.4 is 10.6 Å². The number of anilines is 2. The first kappa shape index (κ1) is 13.3. The van der Waals surface area contributed by atoms with Crippen LogP contribution >= 0.6 is 11.6 Å². The summed E-state index contributed by atoms with van der Waals surface area (Å²) in [5.74, 6) is 0. The maximum absolute atomic E-state index is 9.13. The van der Waals surface area contributed by atoms with Crippen LogP contribution in [0, 0.1) is 11.3 Å². The van der Waals surface area contributed by atoms with Crippen LogP contribution in [0.15, 0.2) is 42.5 Å². The molecule has 0 fully saturated rings. The van der Waals surface area contributed by atoms with Crippen LogP contribution in [-0.4, -0.2) is 7.05 Å². The number of para-hydroxylation sites is 1. The summed E-state index contributed by atoms with van der Waals surface area (Å²) >= 11 is 5.99. The molecule has 96 valence electrons. The molecule has 0 aliphatic heterocycles. The number of nitrogens with zero attached hydrogens (tertiary/aromatic N) is 2.